The van der Waals surface area contributed by atoms with Crippen LogP contribution in [-0.4, -0.2) is 36.4 Å². The molecule has 3 rings (SSSR count). The summed E-state index contributed by atoms with van der Waals surface area (Å²) in [6, 6.07) is 17.5. The maximum absolute atomic E-state index is 13.4. The topological polar surface area (TPSA) is 101 Å². The smallest absolute Gasteiger partial charge is 0.240 e. The summed E-state index contributed by atoms with van der Waals surface area (Å²) >= 11 is 0. The van der Waals surface area contributed by atoms with Crippen molar-refractivity contribution in [2.75, 3.05) is 23.9 Å². The first-order valence-electron chi connectivity index (χ1n) is 10.6. The van der Waals surface area contributed by atoms with Crippen LogP contribution in [-0.2, 0) is 20.9 Å². The Hall–Kier alpha value is -4.27. The van der Waals surface area contributed by atoms with Crippen LogP contribution in [0.5, 0.6) is 5.75 Å². The van der Waals surface area contributed by atoms with E-state index in [1.165, 1.54) is 29.2 Å². The molecule has 2 N–H and O–H groups in total. The van der Waals surface area contributed by atoms with E-state index in [0.29, 0.717) is 17.3 Å². The van der Waals surface area contributed by atoms with Crippen molar-refractivity contribution < 1.29 is 23.5 Å². The number of nitrogens with zero attached hydrogens (tertiary/aromatic N) is 2. The van der Waals surface area contributed by atoms with Crippen LogP contribution in [0.1, 0.15) is 18.4 Å². The van der Waals surface area contributed by atoms with Gasteiger partial charge in [0, 0.05) is 31.3 Å². The van der Waals surface area contributed by atoms with Crippen LogP contribution in [0.2, 0.25) is 0 Å². The molecule has 0 aliphatic rings. The molecule has 1 aromatic heterocycles. The Kier molecular flexibility index (Phi) is 8.67. The van der Waals surface area contributed by atoms with Crippen molar-refractivity contribution in [3.05, 3.63) is 84.3 Å². The summed E-state index contributed by atoms with van der Waals surface area (Å²) in [5, 5.41) is 5.38. The molecule has 0 saturated carbocycles. The maximum Gasteiger partial charge on any atom is 0.240 e. The Morgan fingerprint density at radius 3 is 2.32 bits per heavy atom. The standard InChI is InChI=1S/C25H25FN4O4/c1-34-21-11-5-18(6-12-21)16-28-24(32)17-30(20-9-7-19(26)8-10-20)25(33)14-13-23(31)29-22-4-2-3-15-27-22/h2-12,15H,13-14,16-17H2,1H3,(H,28,32)(H,27,29,31). The molecule has 8 nitrogen and oxygen atoms in total. The average Bonchev–Trinajstić information content (AvgIpc) is 2.86. The molecule has 1 heterocycles. The van der Waals surface area contributed by atoms with Crippen molar-refractivity contribution >= 4 is 29.2 Å². The van der Waals surface area contributed by atoms with Crippen molar-refractivity contribution in [2.24, 2.45) is 0 Å². The lowest BCUT2D eigenvalue weighted by Gasteiger charge is -2.22. The van der Waals surface area contributed by atoms with Crippen LogP contribution in [0.25, 0.3) is 0 Å². The van der Waals surface area contributed by atoms with E-state index in [9.17, 15) is 18.8 Å². The molecule has 0 spiro atoms. The summed E-state index contributed by atoms with van der Waals surface area (Å²) in [6.07, 6.45) is 1.31. The summed E-state index contributed by atoms with van der Waals surface area (Å²) in [6.45, 7) is -0.0107. The minimum Gasteiger partial charge on any atom is -0.497 e. The van der Waals surface area contributed by atoms with Gasteiger partial charge in [-0.15, -0.1) is 0 Å². The van der Waals surface area contributed by atoms with Gasteiger partial charge in [-0.2, -0.15) is 0 Å². The van der Waals surface area contributed by atoms with Gasteiger partial charge in [-0.3, -0.25) is 14.4 Å². The SMILES string of the molecule is COc1ccc(CNC(=O)CN(C(=O)CCC(=O)Nc2ccccn2)c2ccc(F)cc2)cc1. The molecule has 0 saturated heterocycles. The number of hydrogen-bond donors (Lipinski definition) is 2. The van der Waals surface area contributed by atoms with Crippen LogP contribution < -0.4 is 20.3 Å². The highest BCUT2D eigenvalue weighted by Gasteiger charge is 2.20. The minimum atomic E-state index is -0.463. The van der Waals surface area contributed by atoms with Gasteiger partial charge >= 0.3 is 0 Å². The van der Waals surface area contributed by atoms with E-state index in [0.717, 1.165) is 5.56 Å². The van der Waals surface area contributed by atoms with Crippen molar-refractivity contribution in [3.63, 3.8) is 0 Å². The van der Waals surface area contributed by atoms with Gasteiger partial charge in [0.2, 0.25) is 17.7 Å². The number of hydrogen-bond acceptors (Lipinski definition) is 5. The van der Waals surface area contributed by atoms with E-state index in [1.807, 2.05) is 12.1 Å². The quantitative estimate of drug-likeness (QED) is 0.480. The van der Waals surface area contributed by atoms with Crippen molar-refractivity contribution in [3.8, 4) is 5.75 Å². The zero-order chi connectivity index (χ0) is 24.3. The predicted octanol–water partition coefficient (Wildman–Crippen LogP) is 3.30. The fourth-order valence-corrected chi connectivity index (χ4v) is 3.09. The highest BCUT2D eigenvalue weighted by molar-refractivity contribution is 6.01. The van der Waals surface area contributed by atoms with Crippen LogP contribution in [0.15, 0.2) is 72.9 Å². The average molecular weight is 464 g/mol. The normalized spacial score (nSPS) is 10.3. The summed E-state index contributed by atoms with van der Waals surface area (Å²) in [5.74, 6) is -0.595. The first-order chi connectivity index (χ1) is 16.4. The summed E-state index contributed by atoms with van der Waals surface area (Å²) in [7, 11) is 1.57. The van der Waals surface area contributed by atoms with Crippen LogP contribution in [0.4, 0.5) is 15.9 Å². The summed E-state index contributed by atoms with van der Waals surface area (Å²) < 4.78 is 18.5. The number of rotatable bonds is 10. The van der Waals surface area contributed by atoms with Gasteiger partial charge < -0.3 is 20.3 Å². The Bertz CT molecular complexity index is 1110. The number of carbonyl (C=O) groups excluding carboxylic acids is 3. The number of pyridine rings is 1. The molecule has 2 aromatic carbocycles. The number of amides is 3. The molecule has 0 aliphatic carbocycles. The van der Waals surface area contributed by atoms with Crippen LogP contribution in [0.3, 0.4) is 0 Å². The Balaban J connectivity index is 1.60. The molecule has 3 aromatic rings. The van der Waals surface area contributed by atoms with E-state index in [1.54, 1.807) is 43.6 Å². The van der Waals surface area contributed by atoms with Crippen LogP contribution in [0, 0.1) is 5.82 Å². The zero-order valence-electron chi connectivity index (χ0n) is 18.7. The van der Waals surface area contributed by atoms with E-state index in [-0.39, 0.29) is 31.8 Å². The largest absolute Gasteiger partial charge is 0.497 e. The number of aromatic nitrogens is 1. The highest BCUT2D eigenvalue weighted by Crippen LogP contribution is 2.17. The van der Waals surface area contributed by atoms with Gasteiger partial charge in [0.05, 0.1) is 7.11 Å². The molecule has 0 atom stereocenters. The lowest BCUT2D eigenvalue weighted by molar-refractivity contribution is -0.125. The molecule has 34 heavy (non-hydrogen) atoms. The number of halogens is 1. The van der Waals surface area contributed by atoms with E-state index in [2.05, 4.69) is 15.6 Å². The maximum atomic E-state index is 13.4. The molecule has 0 unspecified atom stereocenters. The lowest BCUT2D eigenvalue weighted by atomic mass is 10.2. The molecule has 9 heteroatoms. The third kappa shape index (κ3) is 7.40. The molecule has 3 amide bonds. The Labute approximate surface area is 196 Å². The van der Waals surface area contributed by atoms with E-state index in [4.69, 9.17) is 4.74 Å². The van der Waals surface area contributed by atoms with Crippen molar-refractivity contribution in [2.45, 2.75) is 19.4 Å². The zero-order valence-corrected chi connectivity index (χ0v) is 18.7. The van der Waals surface area contributed by atoms with Crippen molar-refractivity contribution in [1.29, 1.82) is 0 Å². The molecule has 0 aliphatic heterocycles. The second-order valence-corrected chi connectivity index (χ2v) is 7.34. The molecule has 0 fully saturated rings. The first kappa shape index (κ1) is 24.4. The van der Waals surface area contributed by atoms with Gasteiger partial charge in [-0.1, -0.05) is 18.2 Å². The second-order valence-electron chi connectivity index (χ2n) is 7.34. The third-order valence-corrected chi connectivity index (χ3v) is 4.89. The molecular weight excluding hydrogens is 439 g/mol. The number of nitrogens with one attached hydrogen (secondary N) is 2. The number of ether oxygens (including phenoxy) is 1. The summed E-state index contributed by atoms with van der Waals surface area (Å²) in [5.41, 5.74) is 1.22. The molecule has 176 valence electrons. The van der Waals surface area contributed by atoms with Gasteiger partial charge in [0.15, 0.2) is 0 Å². The van der Waals surface area contributed by atoms with E-state index < -0.39 is 17.6 Å². The third-order valence-electron chi connectivity index (χ3n) is 4.89. The summed E-state index contributed by atoms with van der Waals surface area (Å²) in [4.78, 5) is 42.9. The van der Waals surface area contributed by atoms with Gasteiger partial charge in [-0.25, -0.2) is 9.37 Å². The lowest BCUT2D eigenvalue weighted by Crippen LogP contribution is -2.41. The Morgan fingerprint density at radius 2 is 1.68 bits per heavy atom. The predicted molar refractivity (Wildman–Crippen MR) is 126 cm³/mol. The number of anilines is 2. The fraction of sp³-hybridized carbons (Fsp3) is 0.200. The molecular formula is C25H25FN4O4. The monoisotopic (exact) mass is 464 g/mol. The molecule has 0 radical (unpaired) electrons. The minimum absolute atomic E-state index is 0.0967. The molecule has 0 bridgehead atoms. The Morgan fingerprint density at radius 1 is 0.941 bits per heavy atom. The van der Waals surface area contributed by atoms with Crippen LogP contribution >= 0.6 is 0 Å². The number of benzene rings is 2. The fourth-order valence-electron chi connectivity index (χ4n) is 3.09. The highest BCUT2D eigenvalue weighted by atomic mass is 19.1. The number of methoxy groups -OCH3 is 1. The van der Waals surface area contributed by atoms with Gasteiger partial charge in [-0.05, 0) is 54.1 Å². The van der Waals surface area contributed by atoms with E-state index >= 15 is 0 Å². The number of carbonyl (C=O) groups is 3. The first-order valence-corrected chi connectivity index (χ1v) is 10.6. The van der Waals surface area contributed by atoms with Gasteiger partial charge in [0.1, 0.15) is 23.9 Å². The second kappa shape index (κ2) is 12.1. The van der Waals surface area contributed by atoms with Gasteiger partial charge in [0.25, 0.3) is 0 Å². The van der Waals surface area contributed by atoms with Crippen molar-refractivity contribution in [1.82, 2.24) is 10.3 Å².